The molecule has 1 aliphatic rings. The lowest BCUT2D eigenvalue weighted by molar-refractivity contribution is -0.123. The summed E-state index contributed by atoms with van der Waals surface area (Å²) in [6.45, 7) is 5.05. The van der Waals surface area contributed by atoms with E-state index in [9.17, 15) is 13.2 Å². The fourth-order valence-electron chi connectivity index (χ4n) is 4.64. The van der Waals surface area contributed by atoms with Crippen LogP contribution in [0, 0.1) is 0 Å². The van der Waals surface area contributed by atoms with E-state index in [1.165, 1.54) is 12.1 Å². The maximum atomic E-state index is 12.3. The highest BCUT2D eigenvalue weighted by Gasteiger charge is 2.36. The zero-order valence-corrected chi connectivity index (χ0v) is 23.7. The van der Waals surface area contributed by atoms with Crippen molar-refractivity contribution in [2.45, 2.75) is 43.2 Å². The maximum Gasteiger partial charge on any atom is 0.264 e. The summed E-state index contributed by atoms with van der Waals surface area (Å²) < 4.78 is 32.1. The zero-order valence-electron chi connectivity index (χ0n) is 22.9. The Morgan fingerprint density at radius 1 is 0.925 bits per heavy atom. The first-order valence-electron chi connectivity index (χ1n) is 13.4. The van der Waals surface area contributed by atoms with Crippen molar-refractivity contribution in [1.29, 1.82) is 0 Å². The topological polar surface area (TPSA) is 100 Å². The number of sulfonamides is 1. The third kappa shape index (κ3) is 7.16. The summed E-state index contributed by atoms with van der Waals surface area (Å²) in [4.78, 5) is 19.1. The van der Waals surface area contributed by atoms with Crippen LogP contribution < -0.4 is 10.0 Å². The van der Waals surface area contributed by atoms with E-state index in [1.54, 1.807) is 18.2 Å². The Morgan fingerprint density at radius 3 is 2.08 bits per heavy atom. The van der Waals surface area contributed by atoms with Gasteiger partial charge >= 0.3 is 0 Å². The first kappa shape index (κ1) is 29.0. The number of carbonyl (C=O) groups excluding carboxylic acids is 1. The Balaban J connectivity index is 1.31. The molecule has 0 aromatic heterocycles. The number of aliphatic imine (C=N–C) groups is 1. The first-order valence-corrected chi connectivity index (χ1v) is 14.9. The number of carbonyl (C=O) groups is 1. The van der Waals surface area contributed by atoms with Gasteiger partial charge in [0.1, 0.15) is 18.0 Å². The van der Waals surface area contributed by atoms with Gasteiger partial charge in [-0.2, -0.15) is 0 Å². The standard InChI is InChI=1S/C31H36N4O4S/c1-25(2)35(20-12-13-21-39-23-30(36)34-40(37,38)28-18-10-5-11-19-28)29-22-32-24-31(33-29,26-14-6-3-7-15-26)27-16-8-4-9-17-27/h3-11,14-19,22,24-25,33H,12-13,20-21,23H2,1-2H3,(H,34,36). The van der Waals surface area contributed by atoms with Crippen molar-refractivity contribution in [3.8, 4) is 0 Å². The Labute approximate surface area is 236 Å². The van der Waals surface area contributed by atoms with E-state index < -0.39 is 21.5 Å². The van der Waals surface area contributed by atoms with Crippen LogP contribution in [0.3, 0.4) is 0 Å². The lowest BCUT2D eigenvalue weighted by atomic mass is 9.83. The maximum absolute atomic E-state index is 12.3. The quantitative estimate of drug-likeness (QED) is 0.301. The highest BCUT2D eigenvalue weighted by Crippen LogP contribution is 2.32. The van der Waals surface area contributed by atoms with Crippen molar-refractivity contribution in [2.24, 2.45) is 4.99 Å². The highest BCUT2D eigenvalue weighted by molar-refractivity contribution is 7.90. The van der Waals surface area contributed by atoms with Gasteiger partial charge in [0.25, 0.3) is 15.9 Å². The molecule has 9 heteroatoms. The van der Waals surface area contributed by atoms with Crippen LogP contribution in [0.25, 0.3) is 0 Å². The largest absolute Gasteiger partial charge is 0.372 e. The Hall–Kier alpha value is -3.95. The number of benzene rings is 3. The molecule has 1 amide bonds. The van der Waals surface area contributed by atoms with Crippen LogP contribution in [-0.4, -0.2) is 51.2 Å². The minimum absolute atomic E-state index is 0.0376. The number of nitrogens with zero attached hydrogens (tertiary/aromatic N) is 2. The van der Waals surface area contributed by atoms with Gasteiger partial charge in [0.15, 0.2) is 0 Å². The molecule has 1 heterocycles. The summed E-state index contributed by atoms with van der Waals surface area (Å²) in [6.07, 6.45) is 5.34. The van der Waals surface area contributed by atoms with Gasteiger partial charge < -0.3 is 15.0 Å². The normalized spacial score (nSPS) is 14.3. The molecule has 8 nitrogen and oxygen atoms in total. The lowest BCUT2D eigenvalue weighted by Crippen LogP contribution is -2.51. The van der Waals surface area contributed by atoms with Gasteiger partial charge in [0.05, 0.1) is 11.1 Å². The predicted octanol–water partition coefficient (Wildman–Crippen LogP) is 4.42. The van der Waals surface area contributed by atoms with Crippen LogP contribution in [0.4, 0.5) is 0 Å². The molecule has 4 rings (SSSR count). The van der Waals surface area contributed by atoms with Crippen LogP contribution >= 0.6 is 0 Å². The monoisotopic (exact) mass is 560 g/mol. The molecule has 0 saturated carbocycles. The average molecular weight is 561 g/mol. The van der Waals surface area contributed by atoms with Crippen LogP contribution in [0.1, 0.15) is 37.8 Å². The van der Waals surface area contributed by atoms with Gasteiger partial charge in [-0.1, -0.05) is 78.9 Å². The van der Waals surface area contributed by atoms with Crippen molar-refractivity contribution in [1.82, 2.24) is 14.9 Å². The molecule has 3 aromatic rings. The van der Waals surface area contributed by atoms with E-state index in [0.29, 0.717) is 13.0 Å². The van der Waals surface area contributed by atoms with E-state index in [1.807, 2.05) is 53.5 Å². The molecule has 0 aliphatic carbocycles. The average Bonchev–Trinajstić information content (AvgIpc) is 2.97. The smallest absolute Gasteiger partial charge is 0.264 e. The predicted molar refractivity (Wildman–Crippen MR) is 157 cm³/mol. The van der Waals surface area contributed by atoms with E-state index in [-0.39, 0.29) is 17.5 Å². The minimum Gasteiger partial charge on any atom is -0.372 e. The first-order chi connectivity index (χ1) is 19.3. The van der Waals surface area contributed by atoms with E-state index in [4.69, 9.17) is 4.74 Å². The van der Waals surface area contributed by atoms with Crippen molar-refractivity contribution in [3.63, 3.8) is 0 Å². The van der Waals surface area contributed by atoms with Crippen LogP contribution in [0.15, 0.2) is 113 Å². The molecule has 210 valence electrons. The molecule has 0 unspecified atom stereocenters. The number of hydrogen-bond acceptors (Lipinski definition) is 7. The molecule has 40 heavy (non-hydrogen) atoms. The van der Waals surface area contributed by atoms with Crippen LogP contribution in [0.5, 0.6) is 0 Å². The molecule has 1 aliphatic heterocycles. The summed E-state index contributed by atoms with van der Waals surface area (Å²) in [5, 5.41) is 3.78. The minimum atomic E-state index is -3.90. The molecular weight excluding hydrogens is 524 g/mol. The van der Waals surface area contributed by atoms with E-state index in [0.717, 1.165) is 29.9 Å². The SMILES string of the molecule is CC(C)N(CCCCOCC(=O)NS(=O)(=O)c1ccccc1)C1=CN=CC(c2ccccc2)(c2ccccc2)N1. The summed E-state index contributed by atoms with van der Waals surface area (Å²) in [5.74, 6) is 0.233. The van der Waals surface area contributed by atoms with E-state index >= 15 is 0 Å². The van der Waals surface area contributed by atoms with Gasteiger partial charge in [-0.05, 0) is 49.9 Å². The molecule has 0 atom stereocenters. The molecule has 0 saturated heterocycles. The molecule has 2 N–H and O–H groups in total. The molecule has 0 spiro atoms. The van der Waals surface area contributed by atoms with Crippen molar-refractivity contribution in [2.75, 3.05) is 19.8 Å². The number of nitrogens with one attached hydrogen (secondary N) is 2. The van der Waals surface area contributed by atoms with Crippen molar-refractivity contribution >= 4 is 22.1 Å². The second-order valence-electron chi connectivity index (χ2n) is 9.85. The second-order valence-corrected chi connectivity index (χ2v) is 11.5. The summed E-state index contributed by atoms with van der Waals surface area (Å²) >= 11 is 0. The van der Waals surface area contributed by atoms with Crippen molar-refractivity contribution in [3.05, 3.63) is 114 Å². The van der Waals surface area contributed by atoms with Gasteiger partial charge in [-0.25, -0.2) is 13.1 Å². The Kier molecular flexibility index (Phi) is 9.74. The Morgan fingerprint density at radius 2 is 1.50 bits per heavy atom. The third-order valence-electron chi connectivity index (χ3n) is 6.65. The number of ether oxygens (including phenoxy) is 1. The fraction of sp³-hybridized carbons (Fsp3) is 0.290. The van der Waals surface area contributed by atoms with Gasteiger partial charge in [0.2, 0.25) is 0 Å². The van der Waals surface area contributed by atoms with Crippen molar-refractivity contribution < 1.29 is 17.9 Å². The third-order valence-corrected chi connectivity index (χ3v) is 8.04. The Bertz CT molecular complexity index is 1370. The van der Waals surface area contributed by atoms with Gasteiger partial charge in [-0.3, -0.25) is 9.79 Å². The number of unbranched alkanes of at least 4 members (excludes halogenated alkanes) is 1. The summed E-state index contributed by atoms with van der Waals surface area (Å²) in [5.41, 5.74) is 1.59. The number of amides is 1. The van der Waals surface area contributed by atoms with Gasteiger partial charge in [0, 0.05) is 25.4 Å². The molecule has 3 aromatic carbocycles. The summed E-state index contributed by atoms with van der Waals surface area (Å²) in [7, 11) is -3.90. The van der Waals surface area contributed by atoms with Gasteiger partial charge in [-0.15, -0.1) is 0 Å². The molecule has 0 radical (unpaired) electrons. The molecule has 0 fully saturated rings. The lowest BCUT2D eigenvalue weighted by Gasteiger charge is -2.41. The van der Waals surface area contributed by atoms with E-state index in [2.05, 4.69) is 53.3 Å². The number of rotatable bonds is 13. The highest BCUT2D eigenvalue weighted by atomic mass is 32.2. The fourth-order valence-corrected chi connectivity index (χ4v) is 5.63. The van der Waals surface area contributed by atoms with Crippen LogP contribution in [-0.2, 0) is 25.1 Å². The second kappa shape index (κ2) is 13.4. The molecule has 0 bridgehead atoms. The molecular formula is C31H36N4O4S. The summed E-state index contributed by atoms with van der Waals surface area (Å²) in [6, 6.07) is 28.6. The number of hydrogen-bond donors (Lipinski definition) is 2. The van der Waals surface area contributed by atoms with Crippen LogP contribution in [0.2, 0.25) is 0 Å². The zero-order chi connectivity index (χ0) is 28.4.